The van der Waals surface area contributed by atoms with Gasteiger partial charge in [0.1, 0.15) is 5.75 Å². The standard InChI is InChI=1S/C15H21Br2NO3/c1-3-5-6-20-14(19)10-21-15-12(16)7-11(8-13(15)17)9-18-4-2/h7-8,18H,3-6,9-10H2,1-2H3. The van der Waals surface area contributed by atoms with Crippen molar-refractivity contribution in [1.82, 2.24) is 5.32 Å². The third-order valence-corrected chi connectivity index (χ3v) is 3.91. The van der Waals surface area contributed by atoms with Crippen molar-refractivity contribution in [1.29, 1.82) is 0 Å². The van der Waals surface area contributed by atoms with E-state index in [9.17, 15) is 4.79 Å². The van der Waals surface area contributed by atoms with E-state index in [1.165, 1.54) is 0 Å². The number of ether oxygens (including phenoxy) is 2. The van der Waals surface area contributed by atoms with E-state index < -0.39 is 0 Å². The van der Waals surface area contributed by atoms with E-state index in [0.29, 0.717) is 12.4 Å². The highest BCUT2D eigenvalue weighted by molar-refractivity contribution is 9.11. The lowest BCUT2D eigenvalue weighted by atomic mass is 10.2. The number of carbonyl (C=O) groups excluding carboxylic acids is 1. The molecule has 0 fully saturated rings. The molecule has 0 aliphatic heterocycles. The number of unbranched alkanes of at least 4 members (excludes halogenated alkanes) is 1. The lowest BCUT2D eigenvalue weighted by Crippen LogP contribution is -2.16. The van der Waals surface area contributed by atoms with Crippen LogP contribution in [0.4, 0.5) is 0 Å². The van der Waals surface area contributed by atoms with Crippen LogP contribution in [0.1, 0.15) is 32.3 Å². The molecule has 0 radical (unpaired) electrons. The molecule has 0 bridgehead atoms. The number of benzene rings is 1. The van der Waals surface area contributed by atoms with E-state index >= 15 is 0 Å². The predicted octanol–water partition coefficient (Wildman–Crippen LogP) is 4.04. The third kappa shape index (κ3) is 6.80. The summed E-state index contributed by atoms with van der Waals surface area (Å²) < 4.78 is 12.2. The normalized spacial score (nSPS) is 10.5. The maximum Gasteiger partial charge on any atom is 0.344 e. The molecule has 4 nitrogen and oxygen atoms in total. The molecule has 1 aromatic rings. The van der Waals surface area contributed by atoms with Crippen LogP contribution >= 0.6 is 31.9 Å². The zero-order valence-electron chi connectivity index (χ0n) is 12.4. The maximum absolute atomic E-state index is 11.5. The lowest BCUT2D eigenvalue weighted by molar-refractivity contribution is -0.146. The number of halogens is 2. The van der Waals surface area contributed by atoms with Crippen molar-refractivity contribution in [3.63, 3.8) is 0 Å². The van der Waals surface area contributed by atoms with Gasteiger partial charge in [0.25, 0.3) is 0 Å². The second kappa shape index (κ2) is 10.2. The van der Waals surface area contributed by atoms with Gasteiger partial charge >= 0.3 is 5.97 Å². The molecule has 6 heteroatoms. The van der Waals surface area contributed by atoms with Gasteiger partial charge in [-0.15, -0.1) is 0 Å². The van der Waals surface area contributed by atoms with Crippen molar-refractivity contribution in [3.05, 3.63) is 26.6 Å². The first-order chi connectivity index (χ1) is 10.1. The summed E-state index contributed by atoms with van der Waals surface area (Å²) in [6.45, 7) is 6.17. The molecule has 0 aromatic heterocycles. The van der Waals surface area contributed by atoms with E-state index in [1.54, 1.807) is 0 Å². The number of esters is 1. The Morgan fingerprint density at radius 3 is 2.48 bits per heavy atom. The van der Waals surface area contributed by atoms with Crippen molar-refractivity contribution in [2.24, 2.45) is 0 Å². The second-order valence-electron chi connectivity index (χ2n) is 4.53. The van der Waals surface area contributed by atoms with Gasteiger partial charge in [0.05, 0.1) is 15.6 Å². The van der Waals surface area contributed by atoms with Crippen LogP contribution in [0, 0.1) is 0 Å². The molecule has 1 N–H and O–H groups in total. The minimum absolute atomic E-state index is 0.0898. The summed E-state index contributed by atoms with van der Waals surface area (Å²) in [5, 5.41) is 3.26. The van der Waals surface area contributed by atoms with Crippen LogP contribution in [-0.4, -0.2) is 25.7 Å². The summed E-state index contributed by atoms with van der Waals surface area (Å²) in [6, 6.07) is 3.95. The summed E-state index contributed by atoms with van der Waals surface area (Å²) in [5.74, 6) is 0.265. The molecule has 0 heterocycles. The first kappa shape index (κ1) is 18.5. The fourth-order valence-electron chi connectivity index (χ4n) is 1.62. The fraction of sp³-hybridized carbons (Fsp3) is 0.533. The summed E-state index contributed by atoms with van der Waals surface area (Å²) >= 11 is 6.94. The molecule has 1 rings (SSSR count). The molecule has 0 saturated heterocycles. The Morgan fingerprint density at radius 1 is 1.24 bits per heavy atom. The Labute approximate surface area is 142 Å². The van der Waals surface area contributed by atoms with E-state index in [-0.39, 0.29) is 12.6 Å². The predicted molar refractivity (Wildman–Crippen MR) is 90.6 cm³/mol. The highest BCUT2D eigenvalue weighted by Crippen LogP contribution is 2.34. The van der Waals surface area contributed by atoms with Gasteiger partial charge in [0.2, 0.25) is 0 Å². The van der Waals surface area contributed by atoms with Gasteiger partial charge in [-0.05, 0) is 62.5 Å². The largest absolute Gasteiger partial charge is 0.480 e. The van der Waals surface area contributed by atoms with Gasteiger partial charge in [-0.2, -0.15) is 0 Å². The molecular formula is C15H21Br2NO3. The molecule has 0 atom stereocenters. The monoisotopic (exact) mass is 421 g/mol. The quantitative estimate of drug-likeness (QED) is 0.481. The van der Waals surface area contributed by atoms with E-state index in [0.717, 1.165) is 40.4 Å². The topological polar surface area (TPSA) is 47.6 Å². The maximum atomic E-state index is 11.5. The number of hydrogen-bond acceptors (Lipinski definition) is 4. The lowest BCUT2D eigenvalue weighted by Gasteiger charge is -2.12. The molecule has 118 valence electrons. The minimum atomic E-state index is -0.348. The van der Waals surface area contributed by atoms with Gasteiger partial charge in [-0.1, -0.05) is 20.3 Å². The van der Waals surface area contributed by atoms with Crippen LogP contribution in [0.2, 0.25) is 0 Å². The number of carbonyl (C=O) groups is 1. The Kier molecular flexibility index (Phi) is 8.96. The molecule has 0 unspecified atom stereocenters. The van der Waals surface area contributed by atoms with E-state index in [4.69, 9.17) is 9.47 Å². The zero-order valence-corrected chi connectivity index (χ0v) is 15.6. The Balaban J connectivity index is 2.57. The van der Waals surface area contributed by atoms with Gasteiger partial charge < -0.3 is 14.8 Å². The molecular weight excluding hydrogens is 402 g/mol. The Morgan fingerprint density at radius 2 is 1.90 bits per heavy atom. The highest BCUT2D eigenvalue weighted by atomic mass is 79.9. The molecule has 0 amide bonds. The van der Waals surface area contributed by atoms with Crippen LogP contribution in [0.25, 0.3) is 0 Å². The van der Waals surface area contributed by atoms with Gasteiger partial charge in [0, 0.05) is 6.54 Å². The van der Waals surface area contributed by atoms with Crippen molar-refractivity contribution in [3.8, 4) is 5.75 Å². The second-order valence-corrected chi connectivity index (χ2v) is 6.24. The van der Waals surface area contributed by atoms with Crippen molar-refractivity contribution < 1.29 is 14.3 Å². The molecule has 21 heavy (non-hydrogen) atoms. The van der Waals surface area contributed by atoms with Crippen LogP contribution in [0.3, 0.4) is 0 Å². The van der Waals surface area contributed by atoms with Gasteiger partial charge in [-0.3, -0.25) is 0 Å². The summed E-state index contributed by atoms with van der Waals surface area (Å²) in [4.78, 5) is 11.5. The van der Waals surface area contributed by atoms with E-state index in [1.807, 2.05) is 19.1 Å². The van der Waals surface area contributed by atoms with Gasteiger partial charge in [0.15, 0.2) is 6.61 Å². The first-order valence-electron chi connectivity index (χ1n) is 7.05. The van der Waals surface area contributed by atoms with Crippen LogP contribution in [-0.2, 0) is 16.1 Å². The van der Waals surface area contributed by atoms with E-state index in [2.05, 4.69) is 44.1 Å². The summed E-state index contributed by atoms with van der Waals surface area (Å²) in [5.41, 5.74) is 1.13. The number of nitrogens with one attached hydrogen (secondary N) is 1. The first-order valence-corrected chi connectivity index (χ1v) is 8.64. The van der Waals surface area contributed by atoms with Crippen molar-refractivity contribution >= 4 is 37.8 Å². The molecule has 0 saturated carbocycles. The average molecular weight is 423 g/mol. The van der Waals surface area contributed by atoms with Crippen molar-refractivity contribution in [2.75, 3.05) is 19.8 Å². The number of rotatable bonds is 9. The highest BCUT2D eigenvalue weighted by Gasteiger charge is 2.11. The zero-order chi connectivity index (χ0) is 15.7. The van der Waals surface area contributed by atoms with Crippen LogP contribution in [0.15, 0.2) is 21.1 Å². The fourth-order valence-corrected chi connectivity index (χ4v) is 3.13. The summed E-state index contributed by atoms with van der Waals surface area (Å²) in [6.07, 6.45) is 1.87. The average Bonchev–Trinajstić information content (AvgIpc) is 2.44. The Hall–Kier alpha value is -0.590. The molecule has 1 aromatic carbocycles. The summed E-state index contributed by atoms with van der Waals surface area (Å²) in [7, 11) is 0. The Bertz CT molecular complexity index is 443. The SMILES string of the molecule is CCCCOC(=O)COc1c(Br)cc(CNCC)cc1Br. The third-order valence-electron chi connectivity index (χ3n) is 2.73. The molecule has 0 aliphatic carbocycles. The number of hydrogen-bond donors (Lipinski definition) is 1. The minimum Gasteiger partial charge on any atom is -0.480 e. The van der Waals surface area contributed by atoms with Gasteiger partial charge in [-0.25, -0.2) is 4.79 Å². The molecule has 0 spiro atoms. The smallest absolute Gasteiger partial charge is 0.344 e. The van der Waals surface area contributed by atoms with Crippen molar-refractivity contribution in [2.45, 2.75) is 33.2 Å². The van der Waals surface area contributed by atoms with Crippen LogP contribution in [0.5, 0.6) is 5.75 Å². The van der Waals surface area contributed by atoms with Crippen LogP contribution < -0.4 is 10.1 Å². The molecule has 0 aliphatic rings.